The number of nitrogens with one attached hydrogen (secondary N) is 2. The highest BCUT2D eigenvalue weighted by Crippen LogP contribution is 2.29. The topological polar surface area (TPSA) is 89.3 Å². The minimum absolute atomic E-state index is 0.0270. The van der Waals surface area contributed by atoms with E-state index in [-0.39, 0.29) is 17.9 Å². The lowest BCUT2D eigenvalue weighted by Crippen LogP contribution is -2.36. The van der Waals surface area contributed by atoms with Gasteiger partial charge >= 0.3 is 6.01 Å². The zero-order valence-electron chi connectivity index (χ0n) is 13.2. The van der Waals surface area contributed by atoms with E-state index in [1.807, 2.05) is 24.3 Å². The fourth-order valence-corrected chi connectivity index (χ4v) is 2.92. The number of hydrogen-bond acceptors (Lipinski definition) is 6. The van der Waals surface area contributed by atoms with Gasteiger partial charge in [-0.25, -0.2) is 0 Å². The molecule has 2 atom stereocenters. The first kappa shape index (κ1) is 15.3. The summed E-state index contributed by atoms with van der Waals surface area (Å²) in [5, 5.41) is 14.0. The summed E-state index contributed by atoms with van der Waals surface area (Å²) in [7, 11) is 3.28. The summed E-state index contributed by atoms with van der Waals surface area (Å²) in [4.78, 5) is 11.9. The zero-order valence-corrected chi connectivity index (χ0v) is 13.2. The maximum Gasteiger partial charge on any atom is 0.315 e. The van der Waals surface area contributed by atoms with E-state index in [9.17, 15) is 4.79 Å². The summed E-state index contributed by atoms with van der Waals surface area (Å²) in [5.74, 6) is 1.20. The van der Waals surface area contributed by atoms with E-state index in [0.717, 1.165) is 30.6 Å². The van der Waals surface area contributed by atoms with Crippen LogP contribution in [0.15, 0.2) is 28.7 Å². The molecule has 0 radical (unpaired) electrons. The third-order valence-electron chi connectivity index (χ3n) is 4.17. The van der Waals surface area contributed by atoms with Gasteiger partial charge in [-0.05, 0) is 37.1 Å². The molecule has 7 heteroatoms. The first-order chi connectivity index (χ1) is 11.2. The standard InChI is InChI=1S/C16H20N4O3/c1-17-14(21)12-4-3-5-13(12)18-16-20-19-15(23-16)10-6-8-11(22-2)9-7-10/h6-9,12-13H,3-5H2,1-2H3,(H,17,21)(H,18,20). The van der Waals surface area contributed by atoms with Crippen LogP contribution in [0.25, 0.3) is 11.5 Å². The number of anilines is 1. The van der Waals surface area contributed by atoms with Gasteiger partial charge in [-0.3, -0.25) is 4.79 Å². The average molecular weight is 316 g/mol. The molecule has 1 fully saturated rings. The summed E-state index contributed by atoms with van der Waals surface area (Å²) in [6.07, 6.45) is 2.80. The molecule has 23 heavy (non-hydrogen) atoms. The lowest BCUT2D eigenvalue weighted by atomic mass is 10.0. The molecular formula is C16H20N4O3. The number of nitrogens with zero attached hydrogens (tertiary/aromatic N) is 2. The zero-order chi connectivity index (χ0) is 16.2. The van der Waals surface area contributed by atoms with Gasteiger partial charge in [0.05, 0.1) is 13.0 Å². The number of hydrogen-bond donors (Lipinski definition) is 2. The summed E-state index contributed by atoms with van der Waals surface area (Å²) in [5.41, 5.74) is 0.820. The van der Waals surface area contributed by atoms with Crippen LogP contribution in [0.3, 0.4) is 0 Å². The largest absolute Gasteiger partial charge is 0.497 e. The van der Waals surface area contributed by atoms with Crippen LogP contribution < -0.4 is 15.4 Å². The quantitative estimate of drug-likeness (QED) is 0.878. The van der Waals surface area contributed by atoms with Crippen molar-refractivity contribution in [2.24, 2.45) is 5.92 Å². The molecule has 2 aromatic rings. The second kappa shape index (κ2) is 6.68. The molecule has 1 aliphatic carbocycles. The van der Waals surface area contributed by atoms with Crippen molar-refractivity contribution in [1.82, 2.24) is 15.5 Å². The molecule has 1 aromatic heterocycles. The minimum Gasteiger partial charge on any atom is -0.497 e. The van der Waals surface area contributed by atoms with Crippen molar-refractivity contribution in [3.05, 3.63) is 24.3 Å². The highest BCUT2D eigenvalue weighted by molar-refractivity contribution is 5.79. The molecule has 0 aliphatic heterocycles. The number of carbonyl (C=O) groups excluding carboxylic acids is 1. The Balaban J connectivity index is 1.70. The Morgan fingerprint density at radius 3 is 2.74 bits per heavy atom. The SMILES string of the molecule is CNC(=O)C1CCCC1Nc1nnc(-c2ccc(OC)cc2)o1. The van der Waals surface area contributed by atoms with Gasteiger partial charge in [0.2, 0.25) is 11.8 Å². The number of rotatable bonds is 5. The first-order valence-corrected chi connectivity index (χ1v) is 7.67. The fourth-order valence-electron chi connectivity index (χ4n) is 2.92. The molecular weight excluding hydrogens is 296 g/mol. The average Bonchev–Trinajstić information content (AvgIpc) is 3.24. The third-order valence-corrected chi connectivity index (χ3v) is 4.17. The molecule has 1 aliphatic rings. The van der Waals surface area contributed by atoms with Gasteiger partial charge in [0.15, 0.2) is 0 Å². The number of amides is 1. The third kappa shape index (κ3) is 3.28. The number of ether oxygens (including phenoxy) is 1. The van der Waals surface area contributed by atoms with Gasteiger partial charge in [0, 0.05) is 18.7 Å². The van der Waals surface area contributed by atoms with Crippen LogP contribution in [0.5, 0.6) is 5.75 Å². The Labute approximate surface area is 134 Å². The molecule has 2 unspecified atom stereocenters. The van der Waals surface area contributed by atoms with Gasteiger partial charge in [-0.15, -0.1) is 5.10 Å². The Morgan fingerprint density at radius 1 is 1.26 bits per heavy atom. The summed E-state index contributed by atoms with van der Waals surface area (Å²) < 4.78 is 10.8. The molecule has 0 spiro atoms. The van der Waals surface area contributed by atoms with Crippen LogP contribution >= 0.6 is 0 Å². The normalized spacial score (nSPS) is 20.3. The predicted molar refractivity (Wildman–Crippen MR) is 85.1 cm³/mol. The van der Waals surface area contributed by atoms with Crippen molar-refractivity contribution in [2.45, 2.75) is 25.3 Å². The molecule has 7 nitrogen and oxygen atoms in total. The van der Waals surface area contributed by atoms with Crippen LogP contribution in [0, 0.1) is 5.92 Å². The Morgan fingerprint density at radius 2 is 2.04 bits per heavy atom. The summed E-state index contributed by atoms with van der Waals surface area (Å²) in [6, 6.07) is 7.77. The highest BCUT2D eigenvalue weighted by atomic mass is 16.5. The van der Waals surface area contributed by atoms with Crippen molar-refractivity contribution >= 4 is 11.9 Å². The van der Waals surface area contributed by atoms with E-state index in [1.54, 1.807) is 14.2 Å². The fraction of sp³-hybridized carbons (Fsp3) is 0.438. The number of carbonyl (C=O) groups is 1. The highest BCUT2D eigenvalue weighted by Gasteiger charge is 2.33. The minimum atomic E-state index is -0.0589. The lowest BCUT2D eigenvalue weighted by Gasteiger charge is -2.17. The monoisotopic (exact) mass is 316 g/mol. The van der Waals surface area contributed by atoms with Gasteiger partial charge in [0.25, 0.3) is 0 Å². The van der Waals surface area contributed by atoms with E-state index in [4.69, 9.17) is 9.15 Å². The predicted octanol–water partition coefficient (Wildman–Crippen LogP) is 2.07. The molecule has 1 saturated carbocycles. The van der Waals surface area contributed by atoms with Gasteiger partial charge < -0.3 is 19.8 Å². The summed E-state index contributed by atoms with van der Waals surface area (Å²) >= 11 is 0. The number of methoxy groups -OCH3 is 1. The van der Waals surface area contributed by atoms with Crippen LogP contribution in [0.4, 0.5) is 6.01 Å². The number of benzene rings is 1. The maximum absolute atomic E-state index is 11.9. The summed E-state index contributed by atoms with van der Waals surface area (Å²) in [6.45, 7) is 0. The van der Waals surface area contributed by atoms with Crippen molar-refractivity contribution in [3.63, 3.8) is 0 Å². The lowest BCUT2D eigenvalue weighted by molar-refractivity contribution is -0.124. The Kier molecular flexibility index (Phi) is 4.45. The maximum atomic E-state index is 11.9. The van der Waals surface area contributed by atoms with Gasteiger partial charge in [-0.2, -0.15) is 0 Å². The van der Waals surface area contributed by atoms with E-state index in [2.05, 4.69) is 20.8 Å². The first-order valence-electron chi connectivity index (χ1n) is 7.67. The Bertz CT molecular complexity index is 668. The van der Waals surface area contributed by atoms with E-state index >= 15 is 0 Å². The van der Waals surface area contributed by atoms with Crippen molar-refractivity contribution in [1.29, 1.82) is 0 Å². The molecule has 2 N–H and O–H groups in total. The molecule has 122 valence electrons. The van der Waals surface area contributed by atoms with Crippen molar-refractivity contribution in [2.75, 3.05) is 19.5 Å². The van der Waals surface area contributed by atoms with Crippen molar-refractivity contribution < 1.29 is 13.9 Å². The van der Waals surface area contributed by atoms with E-state index in [1.165, 1.54) is 0 Å². The molecule has 1 heterocycles. The second-order valence-electron chi connectivity index (χ2n) is 5.54. The molecule has 1 amide bonds. The number of aromatic nitrogens is 2. The van der Waals surface area contributed by atoms with Gasteiger partial charge in [-0.1, -0.05) is 11.5 Å². The van der Waals surface area contributed by atoms with E-state index < -0.39 is 0 Å². The molecule has 3 rings (SSSR count). The smallest absolute Gasteiger partial charge is 0.315 e. The second-order valence-corrected chi connectivity index (χ2v) is 5.54. The van der Waals surface area contributed by atoms with Crippen LogP contribution in [-0.4, -0.2) is 36.3 Å². The van der Waals surface area contributed by atoms with Crippen LogP contribution in [0.1, 0.15) is 19.3 Å². The Hall–Kier alpha value is -2.57. The van der Waals surface area contributed by atoms with Crippen LogP contribution in [0.2, 0.25) is 0 Å². The molecule has 0 saturated heterocycles. The van der Waals surface area contributed by atoms with Crippen molar-refractivity contribution in [3.8, 4) is 17.2 Å². The molecule has 0 bridgehead atoms. The van der Waals surface area contributed by atoms with E-state index in [0.29, 0.717) is 11.9 Å². The van der Waals surface area contributed by atoms with Gasteiger partial charge in [0.1, 0.15) is 5.75 Å². The van der Waals surface area contributed by atoms with Crippen LogP contribution in [-0.2, 0) is 4.79 Å². The molecule has 1 aromatic carbocycles.